The number of carbonyl (C=O) groups is 2. The quantitative estimate of drug-likeness (QED) is 0.828. The Bertz CT molecular complexity index is 725. The molecule has 1 saturated heterocycles. The number of carboxylic acids is 1. The molecule has 128 valence electrons. The molecule has 1 aromatic heterocycles. The molecule has 0 aliphatic carbocycles. The van der Waals surface area contributed by atoms with Gasteiger partial charge in [-0.25, -0.2) is 4.79 Å². The highest BCUT2D eigenvalue weighted by Gasteiger charge is 2.27. The third-order valence-corrected chi connectivity index (χ3v) is 4.59. The highest BCUT2D eigenvalue weighted by atomic mass is 16.4. The number of aryl methyl sites for hydroxylation is 1. The summed E-state index contributed by atoms with van der Waals surface area (Å²) in [6.45, 7) is 2.37. The standard InChI is InChI=1S/C18H23N3O3/c22-17(23)15-6-3-10-21(13-15)18(24)19-9-4-11-20-12-8-14-5-1-2-7-16(14)20/h1-2,5,7-8,12,15H,3-4,6,9-11,13H2,(H,19,24)(H,22,23). The molecule has 0 radical (unpaired) electrons. The molecule has 2 N–H and O–H groups in total. The number of aromatic nitrogens is 1. The number of nitrogens with zero attached hydrogens (tertiary/aromatic N) is 2. The number of piperidine rings is 1. The molecular weight excluding hydrogens is 306 g/mol. The molecule has 2 aromatic rings. The van der Waals surface area contributed by atoms with Crippen LogP contribution in [0, 0.1) is 5.92 Å². The van der Waals surface area contributed by atoms with E-state index < -0.39 is 11.9 Å². The summed E-state index contributed by atoms with van der Waals surface area (Å²) in [5, 5.41) is 13.2. The number of rotatable bonds is 5. The SMILES string of the molecule is O=C(O)C1CCCN(C(=O)NCCCn2ccc3ccccc32)C1. The topological polar surface area (TPSA) is 74.6 Å². The molecule has 6 heteroatoms. The first-order chi connectivity index (χ1) is 11.6. The van der Waals surface area contributed by atoms with Crippen LogP contribution in [0.5, 0.6) is 0 Å². The van der Waals surface area contributed by atoms with Crippen molar-refractivity contribution in [2.24, 2.45) is 5.92 Å². The van der Waals surface area contributed by atoms with Crippen molar-refractivity contribution >= 4 is 22.9 Å². The molecule has 0 spiro atoms. The number of fused-ring (bicyclic) bond motifs is 1. The maximum atomic E-state index is 12.2. The maximum absolute atomic E-state index is 12.2. The number of amides is 2. The number of likely N-dealkylation sites (tertiary alicyclic amines) is 1. The van der Waals surface area contributed by atoms with Crippen LogP contribution in [-0.2, 0) is 11.3 Å². The van der Waals surface area contributed by atoms with Crippen molar-refractivity contribution in [3.63, 3.8) is 0 Å². The maximum Gasteiger partial charge on any atom is 0.317 e. The number of para-hydroxylation sites is 1. The lowest BCUT2D eigenvalue weighted by atomic mass is 9.99. The average Bonchev–Trinajstić information content (AvgIpc) is 3.02. The Morgan fingerprint density at radius 1 is 1.25 bits per heavy atom. The lowest BCUT2D eigenvalue weighted by Crippen LogP contribution is -2.47. The van der Waals surface area contributed by atoms with Gasteiger partial charge in [0.15, 0.2) is 0 Å². The van der Waals surface area contributed by atoms with Crippen LogP contribution in [0.3, 0.4) is 0 Å². The molecule has 3 rings (SSSR count). The van der Waals surface area contributed by atoms with Crippen LogP contribution >= 0.6 is 0 Å². The molecule has 2 amide bonds. The van der Waals surface area contributed by atoms with Crippen LogP contribution in [0.15, 0.2) is 36.5 Å². The Kier molecular flexibility index (Phi) is 5.03. The van der Waals surface area contributed by atoms with Crippen LogP contribution in [0.2, 0.25) is 0 Å². The fourth-order valence-electron chi connectivity index (χ4n) is 3.26. The van der Waals surface area contributed by atoms with Crippen LogP contribution in [0.25, 0.3) is 10.9 Å². The Labute approximate surface area is 141 Å². The van der Waals surface area contributed by atoms with Gasteiger partial charge in [0.2, 0.25) is 0 Å². The van der Waals surface area contributed by atoms with Crippen molar-refractivity contribution in [3.05, 3.63) is 36.5 Å². The molecule has 1 unspecified atom stereocenters. The van der Waals surface area contributed by atoms with E-state index in [4.69, 9.17) is 5.11 Å². The Morgan fingerprint density at radius 3 is 2.92 bits per heavy atom. The minimum atomic E-state index is -0.813. The van der Waals surface area contributed by atoms with Crippen molar-refractivity contribution < 1.29 is 14.7 Å². The number of nitrogens with one attached hydrogen (secondary N) is 1. The van der Waals surface area contributed by atoms with E-state index in [9.17, 15) is 9.59 Å². The molecule has 1 fully saturated rings. The number of urea groups is 1. The highest BCUT2D eigenvalue weighted by molar-refractivity contribution is 5.80. The Balaban J connectivity index is 1.44. The van der Waals surface area contributed by atoms with Gasteiger partial charge in [-0.1, -0.05) is 18.2 Å². The van der Waals surface area contributed by atoms with Crippen LogP contribution < -0.4 is 5.32 Å². The van der Waals surface area contributed by atoms with Crippen molar-refractivity contribution in [2.45, 2.75) is 25.8 Å². The van der Waals surface area contributed by atoms with Crippen molar-refractivity contribution in [1.82, 2.24) is 14.8 Å². The van der Waals surface area contributed by atoms with Gasteiger partial charge < -0.3 is 19.9 Å². The van der Waals surface area contributed by atoms with Crippen LogP contribution in [-0.4, -0.2) is 46.2 Å². The summed E-state index contributed by atoms with van der Waals surface area (Å²) < 4.78 is 2.18. The first-order valence-corrected chi connectivity index (χ1v) is 8.44. The molecule has 1 aromatic carbocycles. The van der Waals surface area contributed by atoms with E-state index in [-0.39, 0.29) is 6.03 Å². The lowest BCUT2D eigenvalue weighted by molar-refractivity contribution is -0.143. The van der Waals surface area contributed by atoms with E-state index in [1.165, 1.54) is 10.9 Å². The summed E-state index contributed by atoms with van der Waals surface area (Å²) in [6.07, 6.45) is 4.30. The molecule has 1 atom stereocenters. The Morgan fingerprint density at radius 2 is 2.08 bits per heavy atom. The van der Waals surface area contributed by atoms with Gasteiger partial charge in [-0.15, -0.1) is 0 Å². The number of aliphatic carboxylic acids is 1. The minimum Gasteiger partial charge on any atom is -0.481 e. The van der Waals surface area contributed by atoms with E-state index in [0.717, 1.165) is 19.4 Å². The second-order valence-corrected chi connectivity index (χ2v) is 6.28. The van der Waals surface area contributed by atoms with E-state index in [0.29, 0.717) is 26.1 Å². The van der Waals surface area contributed by atoms with Gasteiger partial charge in [-0.2, -0.15) is 0 Å². The summed E-state index contributed by atoms with van der Waals surface area (Å²) >= 11 is 0. The monoisotopic (exact) mass is 329 g/mol. The van der Waals surface area contributed by atoms with Crippen molar-refractivity contribution in [3.8, 4) is 0 Å². The predicted molar refractivity (Wildman–Crippen MR) is 91.9 cm³/mol. The van der Waals surface area contributed by atoms with Crippen molar-refractivity contribution in [1.29, 1.82) is 0 Å². The second-order valence-electron chi connectivity index (χ2n) is 6.28. The molecule has 1 aliphatic heterocycles. The largest absolute Gasteiger partial charge is 0.481 e. The lowest BCUT2D eigenvalue weighted by Gasteiger charge is -2.30. The van der Waals surface area contributed by atoms with E-state index >= 15 is 0 Å². The van der Waals surface area contributed by atoms with Gasteiger partial charge in [-0.3, -0.25) is 4.79 Å². The van der Waals surface area contributed by atoms with Gasteiger partial charge >= 0.3 is 12.0 Å². The third-order valence-electron chi connectivity index (χ3n) is 4.59. The zero-order valence-corrected chi connectivity index (χ0v) is 13.6. The zero-order chi connectivity index (χ0) is 16.9. The smallest absolute Gasteiger partial charge is 0.317 e. The molecule has 6 nitrogen and oxygen atoms in total. The van der Waals surface area contributed by atoms with Crippen LogP contribution in [0.4, 0.5) is 4.79 Å². The zero-order valence-electron chi connectivity index (χ0n) is 13.6. The van der Waals surface area contributed by atoms with Gasteiger partial charge in [-0.05, 0) is 36.8 Å². The van der Waals surface area contributed by atoms with Crippen LogP contribution in [0.1, 0.15) is 19.3 Å². The third kappa shape index (κ3) is 3.69. The van der Waals surface area contributed by atoms with Crippen molar-refractivity contribution in [2.75, 3.05) is 19.6 Å². The fourth-order valence-corrected chi connectivity index (χ4v) is 3.26. The number of hydrogen-bond donors (Lipinski definition) is 2. The number of benzene rings is 1. The predicted octanol–water partition coefficient (Wildman–Crippen LogP) is 2.54. The first-order valence-electron chi connectivity index (χ1n) is 8.44. The summed E-state index contributed by atoms with van der Waals surface area (Å²) in [4.78, 5) is 24.8. The molecule has 0 bridgehead atoms. The molecule has 2 heterocycles. The summed E-state index contributed by atoms with van der Waals surface area (Å²) in [5.74, 6) is -1.25. The highest BCUT2D eigenvalue weighted by Crippen LogP contribution is 2.17. The minimum absolute atomic E-state index is 0.154. The summed E-state index contributed by atoms with van der Waals surface area (Å²) in [5.41, 5.74) is 1.20. The van der Waals surface area contributed by atoms with E-state index in [1.807, 2.05) is 12.1 Å². The number of carbonyl (C=O) groups excluding carboxylic acids is 1. The Hall–Kier alpha value is -2.50. The fraction of sp³-hybridized carbons (Fsp3) is 0.444. The van der Waals surface area contributed by atoms with Gasteiger partial charge in [0.05, 0.1) is 5.92 Å². The van der Waals surface area contributed by atoms with E-state index in [1.54, 1.807) is 4.90 Å². The van der Waals surface area contributed by atoms with Gasteiger partial charge in [0, 0.05) is 37.9 Å². The second kappa shape index (κ2) is 7.38. The number of hydrogen-bond acceptors (Lipinski definition) is 2. The molecular formula is C18H23N3O3. The summed E-state index contributed by atoms with van der Waals surface area (Å²) in [6, 6.07) is 10.2. The first kappa shape index (κ1) is 16.4. The molecule has 1 aliphatic rings. The molecule has 0 saturated carbocycles. The normalized spacial score (nSPS) is 17.8. The summed E-state index contributed by atoms with van der Waals surface area (Å²) in [7, 11) is 0. The molecule has 24 heavy (non-hydrogen) atoms. The van der Waals surface area contributed by atoms with E-state index in [2.05, 4.69) is 34.3 Å². The van der Waals surface area contributed by atoms with Gasteiger partial charge in [0.1, 0.15) is 0 Å². The van der Waals surface area contributed by atoms with Gasteiger partial charge in [0.25, 0.3) is 0 Å². The number of carboxylic acid groups (broad SMARTS) is 1. The average molecular weight is 329 g/mol.